The van der Waals surface area contributed by atoms with Gasteiger partial charge in [-0.05, 0) is 19.4 Å². The van der Waals surface area contributed by atoms with Crippen molar-refractivity contribution >= 4 is 0 Å². The average molecular weight is 191 g/mol. The molecule has 1 heterocycles. The lowest BCUT2D eigenvalue weighted by Crippen LogP contribution is -2.17. The zero-order valence-electron chi connectivity index (χ0n) is 8.72. The van der Waals surface area contributed by atoms with E-state index < -0.39 is 0 Å². The lowest BCUT2D eigenvalue weighted by atomic mass is 10.1. The summed E-state index contributed by atoms with van der Waals surface area (Å²) < 4.78 is 0. The second-order valence-electron chi connectivity index (χ2n) is 4.09. The van der Waals surface area contributed by atoms with Gasteiger partial charge in [0.2, 0.25) is 0 Å². The van der Waals surface area contributed by atoms with E-state index >= 15 is 0 Å². The summed E-state index contributed by atoms with van der Waals surface area (Å²) in [6.45, 7) is 5.08. The Bertz CT molecular complexity index is 296. The molecule has 1 aliphatic heterocycles. The molecule has 0 bridgehead atoms. The molecule has 0 saturated carbocycles. The normalized spacial score (nSPS) is 29.6. The Labute approximate surface area is 85.2 Å². The first-order chi connectivity index (χ1) is 6.70. The molecule has 0 aromatic heterocycles. The van der Waals surface area contributed by atoms with Crippen LogP contribution in [0, 0.1) is 0 Å². The van der Waals surface area contributed by atoms with Crippen LogP contribution < -0.4 is 0 Å². The van der Waals surface area contributed by atoms with Gasteiger partial charge in [0, 0.05) is 18.6 Å². The number of benzene rings is 1. The van der Waals surface area contributed by atoms with Crippen molar-refractivity contribution in [2.75, 3.05) is 6.54 Å². The van der Waals surface area contributed by atoms with Crippen molar-refractivity contribution in [2.24, 2.45) is 0 Å². The largest absolute Gasteiger partial charge is 0.392 e. The molecule has 14 heavy (non-hydrogen) atoms. The van der Waals surface area contributed by atoms with E-state index in [0.717, 1.165) is 6.54 Å². The summed E-state index contributed by atoms with van der Waals surface area (Å²) >= 11 is 0. The van der Waals surface area contributed by atoms with E-state index in [-0.39, 0.29) is 6.10 Å². The van der Waals surface area contributed by atoms with E-state index in [1.54, 1.807) is 0 Å². The van der Waals surface area contributed by atoms with E-state index in [2.05, 4.69) is 36.1 Å². The minimum absolute atomic E-state index is 0.207. The van der Waals surface area contributed by atoms with Crippen molar-refractivity contribution in [2.45, 2.75) is 32.0 Å². The molecule has 1 aromatic carbocycles. The van der Waals surface area contributed by atoms with Crippen LogP contribution >= 0.6 is 0 Å². The third-order valence-electron chi connectivity index (χ3n) is 3.03. The lowest BCUT2D eigenvalue weighted by molar-refractivity contribution is 0.167. The van der Waals surface area contributed by atoms with Crippen molar-refractivity contribution < 1.29 is 5.11 Å². The van der Waals surface area contributed by atoms with Crippen LogP contribution in [-0.4, -0.2) is 28.7 Å². The smallest absolute Gasteiger partial charge is 0.0680 e. The number of nitrogens with zero attached hydrogens (tertiary/aromatic N) is 1. The fourth-order valence-corrected chi connectivity index (χ4v) is 1.97. The van der Waals surface area contributed by atoms with Crippen molar-refractivity contribution in [1.82, 2.24) is 4.90 Å². The van der Waals surface area contributed by atoms with Gasteiger partial charge in [-0.1, -0.05) is 30.3 Å². The van der Waals surface area contributed by atoms with E-state index in [4.69, 9.17) is 0 Å². The van der Waals surface area contributed by atoms with Crippen LogP contribution in [-0.2, 0) is 0 Å². The third-order valence-corrected chi connectivity index (χ3v) is 3.03. The van der Waals surface area contributed by atoms with Crippen LogP contribution in [0.2, 0.25) is 0 Å². The fourth-order valence-electron chi connectivity index (χ4n) is 1.97. The summed E-state index contributed by atoms with van der Waals surface area (Å²) in [6, 6.07) is 11.2. The molecule has 1 aliphatic rings. The van der Waals surface area contributed by atoms with E-state index in [0.29, 0.717) is 12.1 Å². The van der Waals surface area contributed by atoms with Gasteiger partial charge in [-0.2, -0.15) is 0 Å². The molecule has 2 heteroatoms. The minimum Gasteiger partial charge on any atom is -0.392 e. The molecule has 0 aliphatic carbocycles. The standard InChI is InChI=1S/C12H17NO/c1-9(11-6-4-3-5-7-11)13-8-12(13)10(2)14/h3-7,9-10,12,14H,8H2,1-2H3/t9-,10+,12+,13?/m0/s1. The van der Waals surface area contributed by atoms with Gasteiger partial charge in [0.1, 0.15) is 0 Å². The molecule has 2 rings (SSSR count). The monoisotopic (exact) mass is 191 g/mol. The van der Waals surface area contributed by atoms with Crippen LogP contribution in [0.15, 0.2) is 30.3 Å². The van der Waals surface area contributed by atoms with Gasteiger partial charge in [-0.3, -0.25) is 4.90 Å². The molecule has 4 atom stereocenters. The maximum absolute atomic E-state index is 9.42. The number of aliphatic hydroxyl groups is 1. The SMILES string of the molecule is C[C@@H](O)[C@H]1CN1[C@@H](C)c1ccccc1. The average Bonchev–Trinajstić information content (AvgIpc) is 2.97. The number of hydrogen-bond donors (Lipinski definition) is 1. The van der Waals surface area contributed by atoms with Gasteiger partial charge in [0.25, 0.3) is 0 Å². The highest BCUT2D eigenvalue weighted by Crippen LogP contribution is 2.33. The molecule has 1 unspecified atom stereocenters. The second kappa shape index (κ2) is 3.71. The van der Waals surface area contributed by atoms with Crippen molar-refractivity contribution in [3.05, 3.63) is 35.9 Å². The molecular formula is C12H17NO. The summed E-state index contributed by atoms with van der Waals surface area (Å²) in [6.07, 6.45) is -0.207. The van der Waals surface area contributed by atoms with Crippen LogP contribution in [0.3, 0.4) is 0 Å². The highest BCUT2D eigenvalue weighted by atomic mass is 16.3. The van der Waals surface area contributed by atoms with Crippen LogP contribution in [0.1, 0.15) is 25.5 Å². The first-order valence-corrected chi connectivity index (χ1v) is 5.19. The summed E-state index contributed by atoms with van der Waals surface area (Å²) in [7, 11) is 0. The molecule has 76 valence electrons. The zero-order chi connectivity index (χ0) is 10.1. The van der Waals surface area contributed by atoms with Gasteiger partial charge in [0.05, 0.1) is 6.10 Å². The maximum Gasteiger partial charge on any atom is 0.0680 e. The second-order valence-corrected chi connectivity index (χ2v) is 4.09. The molecule has 1 aromatic rings. The first-order valence-electron chi connectivity index (χ1n) is 5.19. The predicted molar refractivity (Wildman–Crippen MR) is 57.0 cm³/mol. The Hall–Kier alpha value is -0.860. The Balaban J connectivity index is 2.01. The first kappa shape index (κ1) is 9.69. The van der Waals surface area contributed by atoms with Crippen molar-refractivity contribution in [3.63, 3.8) is 0 Å². The van der Waals surface area contributed by atoms with E-state index in [1.807, 2.05) is 13.0 Å². The summed E-state index contributed by atoms with van der Waals surface area (Å²) in [5.74, 6) is 0. The molecule has 1 fully saturated rings. The van der Waals surface area contributed by atoms with Gasteiger partial charge in [-0.15, -0.1) is 0 Å². The molecule has 0 radical (unpaired) electrons. The van der Waals surface area contributed by atoms with Crippen LogP contribution in [0.4, 0.5) is 0 Å². The number of rotatable bonds is 3. The molecule has 1 saturated heterocycles. The Morgan fingerprint density at radius 3 is 2.43 bits per heavy atom. The fraction of sp³-hybridized carbons (Fsp3) is 0.500. The van der Waals surface area contributed by atoms with Gasteiger partial charge < -0.3 is 5.11 Å². The topological polar surface area (TPSA) is 23.2 Å². The molecule has 0 spiro atoms. The van der Waals surface area contributed by atoms with Crippen LogP contribution in [0.5, 0.6) is 0 Å². The van der Waals surface area contributed by atoms with Gasteiger partial charge >= 0.3 is 0 Å². The van der Waals surface area contributed by atoms with Gasteiger partial charge in [-0.25, -0.2) is 0 Å². The van der Waals surface area contributed by atoms with Crippen molar-refractivity contribution in [3.8, 4) is 0 Å². The highest BCUT2D eigenvalue weighted by molar-refractivity contribution is 5.20. The summed E-state index contributed by atoms with van der Waals surface area (Å²) in [5.41, 5.74) is 1.33. The Kier molecular flexibility index (Phi) is 2.57. The maximum atomic E-state index is 9.42. The number of hydrogen-bond acceptors (Lipinski definition) is 2. The molecule has 1 N–H and O–H groups in total. The third kappa shape index (κ3) is 1.81. The van der Waals surface area contributed by atoms with Gasteiger partial charge in [0.15, 0.2) is 0 Å². The highest BCUT2D eigenvalue weighted by Gasteiger charge is 2.41. The van der Waals surface area contributed by atoms with E-state index in [1.165, 1.54) is 5.56 Å². The minimum atomic E-state index is -0.207. The van der Waals surface area contributed by atoms with Crippen LogP contribution in [0.25, 0.3) is 0 Å². The molecular weight excluding hydrogens is 174 g/mol. The quantitative estimate of drug-likeness (QED) is 0.736. The zero-order valence-corrected chi connectivity index (χ0v) is 8.72. The van der Waals surface area contributed by atoms with Crippen molar-refractivity contribution in [1.29, 1.82) is 0 Å². The molecule has 2 nitrogen and oxygen atoms in total. The lowest BCUT2D eigenvalue weighted by Gasteiger charge is -2.15. The Morgan fingerprint density at radius 2 is 1.93 bits per heavy atom. The summed E-state index contributed by atoms with van der Waals surface area (Å²) in [4.78, 5) is 2.32. The van der Waals surface area contributed by atoms with E-state index in [9.17, 15) is 5.11 Å². The Morgan fingerprint density at radius 1 is 1.29 bits per heavy atom. The predicted octanol–water partition coefficient (Wildman–Crippen LogP) is 1.81. The molecule has 0 amide bonds. The number of aliphatic hydroxyl groups excluding tert-OH is 1. The summed E-state index contributed by atoms with van der Waals surface area (Å²) in [5, 5.41) is 9.42.